The predicted molar refractivity (Wildman–Crippen MR) is 128 cm³/mol. The molecular weight excluding hydrogens is 398 g/mol. The summed E-state index contributed by atoms with van der Waals surface area (Å²) in [5, 5.41) is 0. The molecule has 1 aliphatic carbocycles. The fourth-order valence-electron chi connectivity index (χ4n) is 5.63. The number of benzene rings is 2. The lowest BCUT2D eigenvalue weighted by atomic mass is 9.87. The highest BCUT2D eigenvalue weighted by Gasteiger charge is 2.32. The molecule has 1 saturated carbocycles. The number of carbonyl (C=O) groups excluding carboxylic acids is 1. The highest BCUT2D eigenvalue weighted by Crippen LogP contribution is 2.40. The summed E-state index contributed by atoms with van der Waals surface area (Å²) < 4.78 is 7.63. The summed E-state index contributed by atoms with van der Waals surface area (Å²) in [5.74, 6) is 1.95. The number of nitrogens with zero attached hydrogens (tertiary/aromatic N) is 3. The molecule has 0 N–H and O–H groups in total. The van der Waals surface area contributed by atoms with Crippen LogP contribution in [0.5, 0.6) is 0 Å². The number of hydrogen-bond acceptors (Lipinski definition) is 3. The van der Waals surface area contributed by atoms with Crippen molar-refractivity contribution in [3.63, 3.8) is 0 Å². The third-order valence-electron chi connectivity index (χ3n) is 7.45. The second-order valence-corrected chi connectivity index (χ2v) is 9.63. The quantitative estimate of drug-likeness (QED) is 0.490. The van der Waals surface area contributed by atoms with Gasteiger partial charge in [0.1, 0.15) is 5.82 Å². The van der Waals surface area contributed by atoms with E-state index in [4.69, 9.17) is 9.72 Å². The normalized spacial score (nSPS) is 23.2. The standard InChI is InChI=1S/C27H33N3O2/c1-18-9-12-21(13-10-18)30-24-16-15-23-22(14-11-19(2)29(23)27(31)32-3)26(24)28-25(30)17-20-7-5-4-6-8-20/h4-8,15-16,18-19,21H,9-14,17H2,1-3H3/t18?,19-,21?/m0/s1. The molecule has 2 aromatic carbocycles. The van der Waals surface area contributed by atoms with Gasteiger partial charge in [0.15, 0.2) is 0 Å². The van der Waals surface area contributed by atoms with E-state index in [1.165, 1.54) is 49.4 Å². The van der Waals surface area contributed by atoms with Crippen molar-refractivity contribution >= 4 is 22.8 Å². The van der Waals surface area contributed by atoms with Crippen molar-refractivity contribution in [2.24, 2.45) is 5.92 Å². The molecule has 0 unspecified atom stereocenters. The molecule has 5 nitrogen and oxygen atoms in total. The van der Waals surface area contributed by atoms with Crippen LogP contribution < -0.4 is 4.90 Å². The lowest BCUT2D eigenvalue weighted by Gasteiger charge is -2.34. The molecule has 1 aromatic heterocycles. The average molecular weight is 432 g/mol. The number of aryl methyl sites for hydroxylation is 1. The minimum absolute atomic E-state index is 0.123. The van der Waals surface area contributed by atoms with Crippen LogP contribution in [-0.2, 0) is 17.6 Å². The van der Waals surface area contributed by atoms with Crippen molar-refractivity contribution in [1.82, 2.24) is 9.55 Å². The SMILES string of the molecule is COC(=O)N1c2ccc3c(nc(Cc4ccccc4)n3C3CCC(C)CC3)c2CC[C@@H]1C. The Morgan fingerprint density at radius 1 is 1.03 bits per heavy atom. The van der Waals surface area contributed by atoms with Gasteiger partial charge in [0, 0.05) is 24.1 Å². The summed E-state index contributed by atoms with van der Waals surface area (Å²) >= 11 is 0. The van der Waals surface area contributed by atoms with Crippen LogP contribution in [0.3, 0.4) is 0 Å². The number of ether oxygens (including phenoxy) is 1. The molecule has 0 bridgehead atoms. The Hall–Kier alpha value is -2.82. The molecule has 0 radical (unpaired) electrons. The van der Waals surface area contributed by atoms with Crippen LogP contribution in [0, 0.1) is 5.92 Å². The number of hydrogen-bond donors (Lipinski definition) is 0. The number of methoxy groups -OCH3 is 1. The second kappa shape index (κ2) is 8.61. The molecule has 1 fully saturated rings. The van der Waals surface area contributed by atoms with Gasteiger partial charge in [-0.15, -0.1) is 0 Å². The van der Waals surface area contributed by atoms with Crippen LogP contribution in [-0.4, -0.2) is 28.8 Å². The van der Waals surface area contributed by atoms with Gasteiger partial charge in [0.25, 0.3) is 0 Å². The van der Waals surface area contributed by atoms with Gasteiger partial charge in [-0.1, -0.05) is 37.3 Å². The molecule has 3 aromatic rings. The van der Waals surface area contributed by atoms with Gasteiger partial charge >= 0.3 is 6.09 Å². The summed E-state index contributed by atoms with van der Waals surface area (Å²) in [5.41, 5.74) is 5.70. The molecule has 1 aliphatic heterocycles. The molecular formula is C27H33N3O2. The van der Waals surface area contributed by atoms with Gasteiger partial charge in [-0.2, -0.15) is 0 Å². The maximum Gasteiger partial charge on any atom is 0.414 e. The number of anilines is 1. The number of aromatic nitrogens is 2. The largest absolute Gasteiger partial charge is 0.452 e. The third kappa shape index (κ3) is 3.68. The Balaban J connectivity index is 1.64. The Kier molecular flexibility index (Phi) is 5.66. The molecule has 2 heterocycles. The van der Waals surface area contributed by atoms with Gasteiger partial charge in [-0.3, -0.25) is 4.90 Å². The summed E-state index contributed by atoms with van der Waals surface area (Å²) in [4.78, 5) is 19.6. The third-order valence-corrected chi connectivity index (χ3v) is 7.45. The van der Waals surface area contributed by atoms with Crippen molar-refractivity contribution in [2.75, 3.05) is 12.0 Å². The maximum absolute atomic E-state index is 12.5. The van der Waals surface area contributed by atoms with Crippen LogP contribution in [0.4, 0.5) is 10.5 Å². The number of amides is 1. The maximum atomic E-state index is 12.5. The van der Waals surface area contributed by atoms with Crippen molar-refractivity contribution in [3.8, 4) is 0 Å². The van der Waals surface area contributed by atoms with E-state index in [0.29, 0.717) is 6.04 Å². The van der Waals surface area contributed by atoms with Gasteiger partial charge < -0.3 is 9.30 Å². The topological polar surface area (TPSA) is 47.4 Å². The predicted octanol–water partition coefficient (Wildman–Crippen LogP) is 6.29. The first-order valence-corrected chi connectivity index (χ1v) is 12.0. The molecule has 0 saturated heterocycles. The van der Waals surface area contributed by atoms with Crippen molar-refractivity contribution in [2.45, 2.75) is 70.9 Å². The van der Waals surface area contributed by atoms with Crippen molar-refractivity contribution in [3.05, 3.63) is 59.4 Å². The fraction of sp³-hybridized carbons (Fsp3) is 0.481. The van der Waals surface area contributed by atoms with Gasteiger partial charge in [0.05, 0.1) is 23.8 Å². The first-order valence-electron chi connectivity index (χ1n) is 12.0. The first kappa shape index (κ1) is 21.0. The Labute approximate surface area is 190 Å². The highest BCUT2D eigenvalue weighted by atomic mass is 16.5. The van der Waals surface area contributed by atoms with E-state index < -0.39 is 0 Å². The van der Waals surface area contributed by atoms with Crippen LogP contribution >= 0.6 is 0 Å². The average Bonchev–Trinajstić information content (AvgIpc) is 3.17. The van der Waals surface area contributed by atoms with Crippen LogP contribution in [0.25, 0.3) is 11.0 Å². The van der Waals surface area contributed by atoms with E-state index in [1.54, 1.807) is 4.90 Å². The van der Waals surface area contributed by atoms with Crippen molar-refractivity contribution in [1.29, 1.82) is 0 Å². The smallest absolute Gasteiger partial charge is 0.414 e. The van der Waals surface area contributed by atoms with Crippen LogP contribution in [0.1, 0.15) is 68.9 Å². The lowest BCUT2D eigenvalue weighted by molar-refractivity contribution is 0.175. The Morgan fingerprint density at radius 2 is 1.78 bits per heavy atom. The molecule has 5 heteroatoms. The second-order valence-electron chi connectivity index (χ2n) is 9.63. The van der Waals surface area contributed by atoms with E-state index in [-0.39, 0.29) is 12.1 Å². The highest BCUT2D eigenvalue weighted by molar-refractivity contribution is 5.95. The van der Waals surface area contributed by atoms with Gasteiger partial charge in [-0.05, 0) is 69.1 Å². The summed E-state index contributed by atoms with van der Waals surface area (Å²) in [6.07, 6.45) is 7.35. The molecule has 1 atom stereocenters. The molecule has 168 valence electrons. The zero-order valence-corrected chi connectivity index (χ0v) is 19.4. The molecule has 1 amide bonds. The number of carbonyl (C=O) groups is 1. The number of rotatable bonds is 3. The van der Waals surface area contributed by atoms with Crippen LogP contribution in [0.15, 0.2) is 42.5 Å². The minimum atomic E-state index is -0.289. The van der Waals surface area contributed by atoms with E-state index in [9.17, 15) is 4.79 Å². The lowest BCUT2D eigenvalue weighted by Crippen LogP contribution is -2.42. The Bertz CT molecular complexity index is 1110. The molecule has 2 aliphatic rings. The number of fused-ring (bicyclic) bond motifs is 3. The number of imidazole rings is 1. The Morgan fingerprint density at radius 3 is 2.50 bits per heavy atom. The van der Waals surface area contributed by atoms with Gasteiger partial charge in [-0.25, -0.2) is 9.78 Å². The molecule has 0 spiro atoms. The van der Waals surface area contributed by atoms with Gasteiger partial charge in [0.2, 0.25) is 0 Å². The first-order chi connectivity index (χ1) is 15.6. The van der Waals surface area contributed by atoms with Crippen LogP contribution in [0.2, 0.25) is 0 Å². The minimum Gasteiger partial charge on any atom is -0.452 e. The molecule has 32 heavy (non-hydrogen) atoms. The monoisotopic (exact) mass is 431 g/mol. The summed E-state index contributed by atoms with van der Waals surface area (Å²) in [7, 11) is 1.46. The zero-order valence-electron chi connectivity index (χ0n) is 19.4. The fourth-order valence-corrected chi connectivity index (χ4v) is 5.63. The van der Waals surface area contributed by atoms with E-state index >= 15 is 0 Å². The van der Waals surface area contributed by atoms with E-state index in [1.807, 2.05) is 0 Å². The zero-order chi connectivity index (χ0) is 22.2. The van der Waals surface area contributed by atoms with E-state index in [0.717, 1.165) is 42.2 Å². The van der Waals surface area contributed by atoms with E-state index in [2.05, 4.69) is 60.9 Å². The molecule has 5 rings (SSSR count). The summed E-state index contributed by atoms with van der Waals surface area (Å²) in [6, 6.07) is 15.5. The summed E-state index contributed by atoms with van der Waals surface area (Å²) in [6.45, 7) is 4.46. The van der Waals surface area contributed by atoms with Crippen molar-refractivity contribution < 1.29 is 9.53 Å².